The Morgan fingerprint density at radius 1 is 1.41 bits per heavy atom. The van der Waals surface area contributed by atoms with E-state index in [4.69, 9.17) is 0 Å². The predicted molar refractivity (Wildman–Crippen MR) is 69.0 cm³/mol. The molecule has 0 spiro atoms. The number of aryl methyl sites for hydroxylation is 1. The molecule has 0 amide bonds. The van der Waals surface area contributed by atoms with Crippen molar-refractivity contribution in [3.8, 4) is 5.95 Å². The third kappa shape index (κ3) is 2.89. The highest BCUT2D eigenvalue weighted by molar-refractivity contribution is 9.10. The van der Waals surface area contributed by atoms with Gasteiger partial charge in [0, 0.05) is 30.2 Å². The number of nitrogens with zero attached hydrogens (tertiary/aromatic N) is 4. The first-order valence-electron chi connectivity index (χ1n) is 5.44. The van der Waals surface area contributed by atoms with Crippen molar-refractivity contribution in [1.29, 1.82) is 0 Å². The van der Waals surface area contributed by atoms with Gasteiger partial charge in [-0.05, 0) is 29.4 Å². The minimum absolute atomic E-state index is 0.591. The first-order chi connectivity index (χ1) is 8.20. The van der Waals surface area contributed by atoms with Gasteiger partial charge in [-0.3, -0.25) is 0 Å². The molecule has 0 atom stereocenters. The lowest BCUT2D eigenvalue weighted by molar-refractivity contribution is 0.709. The highest BCUT2D eigenvalue weighted by atomic mass is 79.9. The van der Waals surface area contributed by atoms with Crippen LogP contribution in [0, 0.1) is 6.92 Å². The molecule has 0 bridgehead atoms. The Balaban J connectivity index is 2.24. The molecule has 2 aromatic rings. The van der Waals surface area contributed by atoms with Crippen LogP contribution in [0.3, 0.4) is 0 Å². The SMILES string of the molecule is CCNCc1cnc(-n2cc(Br)cn2)nc1C. The minimum Gasteiger partial charge on any atom is -0.313 e. The van der Waals surface area contributed by atoms with E-state index < -0.39 is 0 Å². The van der Waals surface area contributed by atoms with Crippen LogP contribution in [0.4, 0.5) is 0 Å². The quantitative estimate of drug-likeness (QED) is 0.935. The zero-order chi connectivity index (χ0) is 12.3. The molecule has 2 heterocycles. The summed E-state index contributed by atoms with van der Waals surface area (Å²) in [7, 11) is 0. The summed E-state index contributed by atoms with van der Waals surface area (Å²) < 4.78 is 2.56. The van der Waals surface area contributed by atoms with Crippen molar-refractivity contribution in [1.82, 2.24) is 25.1 Å². The van der Waals surface area contributed by atoms with Gasteiger partial charge in [0.2, 0.25) is 0 Å². The summed E-state index contributed by atoms with van der Waals surface area (Å²) in [6.07, 6.45) is 5.39. The fraction of sp³-hybridized carbons (Fsp3) is 0.364. The average molecular weight is 296 g/mol. The van der Waals surface area contributed by atoms with Crippen LogP contribution in [-0.4, -0.2) is 26.3 Å². The first-order valence-corrected chi connectivity index (χ1v) is 6.23. The standard InChI is InChI=1S/C11H14BrN5/c1-3-13-4-9-5-14-11(16-8(9)2)17-7-10(12)6-15-17/h5-7,13H,3-4H2,1-2H3. The molecule has 2 rings (SSSR count). The molecule has 0 aliphatic rings. The Hall–Kier alpha value is -1.27. The predicted octanol–water partition coefficient (Wildman–Crippen LogP) is 1.84. The maximum atomic E-state index is 4.44. The monoisotopic (exact) mass is 295 g/mol. The molecule has 0 saturated carbocycles. The van der Waals surface area contributed by atoms with E-state index in [0.717, 1.165) is 28.8 Å². The summed E-state index contributed by atoms with van der Waals surface area (Å²) in [6, 6.07) is 0. The van der Waals surface area contributed by atoms with Gasteiger partial charge >= 0.3 is 0 Å². The summed E-state index contributed by atoms with van der Waals surface area (Å²) in [5, 5.41) is 7.41. The normalized spacial score (nSPS) is 10.8. The molecule has 0 saturated heterocycles. The lowest BCUT2D eigenvalue weighted by atomic mass is 10.2. The third-order valence-electron chi connectivity index (χ3n) is 2.39. The number of hydrogen-bond acceptors (Lipinski definition) is 4. The molecule has 0 aliphatic carbocycles. The van der Waals surface area contributed by atoms with Crippen molar-refractivity contribution >= 4 is 15.9 Å². The molecule has 90 valence electrons. The summed E-state index contributed by atoms with van der Waals surface area (Å²) in [5.41, 5.74) is 2.09. The second-order valence-electron chi connectivity index (χ2n) is 3.66. The van der Waals surface area contributed by atoms with Gasteiger partial charge < -0.3 is 5.32 Å². The van der Waals surface area contributed by atoms with E-state index in [1.807, 2.05) is 19.3 Å². The van der Waals surface area contributed by atoms with Crippen molar-refractivity contribution in [3.05, 3.63) is 34.3 Å². The highest BCUT2D eigenvalue weighted by Gasteiger charge is 2.05. The summed E-state index contributed by atoms with van der Waals surface area (Å²) in [6.45, 7) is 5.79. The van der Waals surface area contributed by atoms with Crippen LogP contribution < -0.4 is 5.32 Å². The zero-order valence-corrected chi connectivity index (χ0v) is 11.4. The minimum atomic E-state index is 0.591. The molecule has 0 aliphatic heterocycles. The van der Waals surface area contributed by atoms with E-state index in [1.165, 1.54) is 0 Å². The van der Waals surface area contributed by atoms with Crippen LogP contribution in [-0.2, 0) is 6.54 Å². The molecule has 0 unspecified atom stereocenters. The Kier molecular flexibility index (Phi) is 3.86. The lowest BCUT2D eigenvalue weighted by Crippen LogP contribution is -2.14. The van der Waals surface area contributed by atoms with Crippen LogP contribution in [0.2, 0.25) is 0 Å². The Morgan fingerprint density at radius 3 is 2.82 bits per heavy atom. The average Bonchev–Trinajstić information content (AvgIpc) is 2.74. The van der Waals surface area contributed by atoms with E-state index in [9.17, 15) is 0 Å². The molecule has 17 heavy (non-hydrogen) atoms. The van der Waals surface area contributed by atoms with Gasteiger partial charge in [0.05, 0.1) is 10.7 Å². The van der Waals surface area contributed by atoms with E-state index in [-0.39, 0.29) is 0 Å². The second-order valence-corrected chi connectivity index (χ2v) is 4.58. The second kappa shape index (κ2) is 5.37. The number of rotatable bonds is 4. The molecule has 0 aromatic carbocycles. The van der Waals surface area contributed by atoms with Gasteiger partial charge in [-0.1, -0.05) is 6.92 Å². The van der Waals surface area contributed by atoms with Crippen LogP contribution >= 0.6 is 15.9 Å². The maximum absolute atomic E-state index is 4.44. The Labute approximate surface area is 108 Å². The Morgan fingerprint density at radius 2 is 2.24 bits per heavy atom. The van der Waals surface area contributed by atoms with Gasteiger partial charge in [-0.25, -0.2) is 14.6 Å². The fourth-order valence-corrected chi connectivity index (χ4v) is 1.72. The van der Waals surface area contributed by atoms with Gasteiger partial charge in [0.15, 0.2) is 0 Å². The van der Waals surface area contributed by atoms with E-state index >= 15 is 0 Å². The molecule has 0 radical (unpaired) electrons. The number of hydrogen-bond donors (Lipinski definition) is 1. The number of nitrogens with one attached hydrogen (secondary N) is 1. The van der Waals surface area contributed by atoms with Crippen molar-refractivity contribution in [2.75, 3.05) is 6.54 Å². The largest absolute Gasteiger partial charge is 0.313 e. The van der Waals surface area contributed by atoms with E-state index in [1.54, 1.807) is 10.9 Å². The van der Waals surface area contributed by atoms with Crippen molar-refractivity contribution < 1.29 is 0 Å². The van der Waals surface area contributed by atoms with Gasteiger partial charge in [0.1, 0.15) is 0 Å². The van der Waals surface area contributed by atoms with Crippen LogP contribution in [0.5, 0.6) is 0 Å². The molecule has 5 nitrogen and oxygen atoms in total. The fourth-order valence-electron chi connectivity index (χ4n) is 1.43. The van der Waals surface area contributed by atoms with Crippen molar-refractivity contribution in [3.63, 3.8) is 0 Å². The van der Waals surface area contributed by atoms with Crippen LogP contribution in [0.1, 0.15) is 18.2 Å². The van der Waals surface area contributed by atoms with Crippen molar-refractivity contribution in [2.24, 2.45) is 0 Å². The van der Waals surface area contributed by atoms with Crippen LogP contribution in [0.15, 0.2) is 23.1 Å². The maximum Gasteiger partial charge on any atom is 0.250 e. The third-order valence-corrected chi connectivity index (χ3v) is 2.80. The van der Waals surface area contributed by atoms with Gasteiger partial charge in [-0.2, -0.15) is 5.10 Å². The summed E-state index contributed by atoms with van der Waals surface area (Å²) in [4.78, 5) is 8.74. The molecule has 6 heteroatoms. The zero-order valence-electron chi connectivity index (χ0n) is 9.81. The molecular formula is C11H14BrN5. The smallest absolute Gasteiger partial charge is 0.250 e. The molecular weight excluding hydrogens is 282 g/mol. The summed E-state index contributed by atoms with van der Waals surface area (Å²) >= 11 is 3.35. The van der Waals surface area contributed by atoms with E-state index in [2.05, 4.69) is 43.2 Å². The van der Waals surface area contributed by atoms with Gasteiger partial charge in [-0.15, -0.1) is 0 Å². The lowest BCUT2D eigenvalue weighted by Gasteiger charge is -2.06. The first kappa shape index (κ1) is 12.2. The van der Waals surface area contributed by atoms with E-state index in [0.29, 0.717) is 5.95 Å². The van der Waals surface area contributed by atoms with Gasteiger partial charge in [0.25, 0.3) is 5.95 Å². The topological polar surface area (TPSA) is 55.6 Å². The molecule has 1 N–H and O–H groups in total. The summed E-state index contributed by atoms with van der Waals surface area (Å²) in [5.74, 6) is 0.591. The number of halogens is 1. The van der Waals surface area contributed by atoms with Crippen LogP contribution in [0.25, 0.3) is 5.95 Å². The Bertz CT molecular complexity index is 508. The number of aromatic nitrogens is 4. The molecule has 2 aromatic heterocycles. The molecule has 0 fully saturated rings. The highest BCUT2D eigenvalue weighted by Crippen LogP contribution is 2.11. The van der Waals surface area contributed by atoms with Crippen molar-refractivity contribution in [2.45, 2.75) is 20.4 Å².